The van der Waals surface area contributed by atoms with Gasteiger partial charge in [-0.15, -0.1) is 0 Å². The molecule has 1 aromatic carbocycles. The maximum atomic E-state index is 12.8. The fraction of sp³-hybridized carbons (Fsp3) is 0.286. The van der Waals surface area contributed by atoms with E-state index in [2.05, 4.69) is 20.2 Å². The maximum absolute atomic E-state index is 12.8. The molecule has 1 unspecified atom stereocenters. The molecule has 1 amide bonds. The fourth-order valence-electron chi connectivity index (χ4n) is 3.53. The molecule has 1 saturated heterocycles. The second-order valence-corrected chi connectivity index (χ2v) is 8.80. The molecule has 10 heteroatoms. The number of nitrogens with one attached hydrogen (secondary N) is 2. The van der Waals surface area contributed by atoms with Crippen molar-refractivity contribution in [1.29, 1.82) is 5.26 Å². The van der Waals surface area contributed by atoms with Gasteiger partial charge in [0.25, 0.3) is 5.91 Å². The lowest BCUT2D eigenvalue weighted by Crippen LogP contribution is -2.45. The smallest absolute Gasteiger partial charge is 0.252 e. The molecule has 1 fully saturated rings. The average molecular weight is 439 g/mol. The Morgan fingerprint density at radius 1 is 1.29 bits per heavy atom. The Labute approximate surface area is 181 Å². The number of hydrogen-bond acceptors (Lipinski definition) is 6. The molecule has 0 spiro atoms. The number of benzene rings is 1. The first-order chi connectivity index (χ1) is 15.0. The van der Waals surface area contributed by atoms with E-state index in [-0.39, 0.29) is 18.3 Å². The Hall–Kier alpha value is -3.26. The topological polar surface area (TPSA) is 125 Å². The van der Waals surface area contributed by atoms with Crippen LogP contribution in [0.2, 0.25) is 0 Å². The van der Waals surface area contributed by atoms with Crippen molar-refractivity contribution in [2.75, 3.05) is 39.8 Å². The van der Waals surface area contributed by atoms with Crippen LogP contribution in [0.25, 0.3) is 22.2 Å². The summed E-state index contributed by atoms with van der Waals surface area (Å²) < 4.78 is 14.8. The number of carbonyl (C=O) groups excluding carboxylic acids is 1. The Bertz CT molecular complexity index is 1180. The molecule has 9 nitrogen and oxygen atoms in total. The Balaban J connectivity index is 1.62. The van der Waals surface area contributed by atoms with Gasteiger partial charge >= 0.3 is 0 Å². The van der Waals surface area contributed by atoms with Gasteiger partial charge in [0.05, 0.1) is 22.2 Å². The zero-order valence-electron chi connectivity index (χ0n) is 17.0. The van der Waals surface area contributed by atoms with Crippen LogP contribution in [0.15, 0.2) is 41.4 Å². The molecule has 0 saturated carbocycles. The number of nitriles is 1. The quantitative estimate of drug-likeness (QED) is 0.518. The summed E-state index contributed by atoms with van der Waals surface area (Å²) in [6, 6.07) is 10.3. The molecule has 0 bridgehead atoms. The zero-order chi connectivity index (χ0) is 22.0. The van der Waals surface area contributed by atoms with E-state index in [1.807, 2.05) is 17.4 Å². The number of aromatic hydroxyl groups is 1. The second kappa shape index (κ2) is 8.85. The van der Waals surface area contributed by atoms with Gasteiger partial charge in [0.2, 0.25) is 0 Å². The van der Waals surface area contributed by atoms with Crippen molar-refractivity contribution in [3.63, 3.8) is 0 Å². The largest absolute Gasteiger partial charge is 0.494 e. The highest BCUT2D eigenvalue weighted by Crippen LogP contribution is 2.36. The van der Waals surface area contributed by atoms with Gasteiger partial charge in [-0.05, 0) is 37.4 Å². The van der Waals surface area contributed by atoms with Crippen LogP contribution >= 0.6 is 0 Å². The van der Waals surface area contributed by atoms with Crippen molar-refractivity contribution in [2.45, 2.75) is 4.90 Å². The second-order valence-electron chi connectivity index (χ2n) is 7.31. The molecule has 2 aromatic heterocycles. The minimum absolute atomic E-state index is 0.0648. The first-order valence-corrected chi connectivity index (χ1v) is 10.9. The number of nitrogens with zero attached hydrogens (tertiary/aromatic N) is 4. The number of aromatic amines is 1. The van der Waals surface area contributed by atoms with Crippen LogP contribution in [-0.2, 0) is 11.0 Å². The van der Waals surface area contributed by atoms with Crippen molar-refractivity contribution in [3.8, 4) is 23.2 Å². The van der Waals surface area contributed by atoms with Crippen LogP contribution in [0.4, 0.5) is 0 Å². The molecule has 1 atom stereocenters. The monoisotopic (exact) mass is 438 g/mol. The number of H-pyrrole nitrogens is 1. The summed E-state index contributed by atoms with van der Waals surface area (Å²) in [6.45, 7) is 3.10. The summed E-state index contributed by atoms with van der Waals surface area (Å²) in [4.78, 5) is 22.3. The molecule has 3 aromatic rings. The van der Waals surface area contributed by atoms with Gasteiger partial charge in [0.1, 0.15) is 17.5 Å². The van der Waals surface area contributed by atoms with Crippen molar-refractivity contribution in [1.82, 2.24) is 24.5 Å². The molecule has 3 N–H and O–H groups in total. The van der Waals surface area contributed by atoms with Crippen LogP contribution in [0.5, 0.6) is 5.88 Å². The number of aromatic nitrogens is 2. The van der Waals surface area contributed by atoms with Crippen molar-refractivity contribution in [2.24, 2.45) is 0 Å². The maximum Gasteiger partial charge on any atom is 0.252 e. The van der Waals surface area contributed by atoms with E-state index in [1.165, 1.54) is 0 Å². The average Bonchev–Trinajstić information content (AvgIpc) is 3.12. The van der Waals surface area contributed by atoms with E-state index in [4.69, 9.17) is 5.26 Å². The summed E-state index contributed by atoms with van der Waals surface area (Å²) in [6.07, 6.45) is 1.56. The van der Waals surface area contributed by atoms with E-state index in [1.54, 1.807) is 36.5 Å². The predicted octanol–water partition coefficient (Wildman–Crippen LogP) is 1.46. The van der Waals surface area contributed by atoms with Gasteiger partial charge in [-0.3, -0.25) is 9.78 Å². The Kier molecular flexibility index (Phi) is 5.99. The van der Waals surface area contributed by atoms with E-state index in [0.717, 1.165) is 26.2 Å². The minimum Gasteiger partial charge on any atom is -0.494 e. The van der Waals surface area contributed by atoms with Gasteiger partial charge in [0, 0.05) is 48.8 Å². The van der Waals surface area contributed by atoms with E-state index < -0.39 is 11.0 Å². The first-order valence-electron chi connectivity index (χ1n) is 9.79. The summed E-state index contributed by atoms with van der Waals surface area (Å²) in [5.41, 5.74) is 1.98. The highest BCUT2D eigenvalue weighted by Gasteiger charge is 2.21. The van der Waals surface area contributed by atoms with Crippen molar-refractivity contribution >= 4 is 27.8 Å². The highest BCUT2D eigenvalue weighted by molar-refractivity contribution is 7.82. The lowest BCUT2D eigenvalue weighted by atomic mass is 10.1. The number of pyridine rings is 1. The highest BCUT2D eigenvalue weighted by atomic mass is 32.2. The lowest BCUT2D eigenvalue weighted by Gasteiger charge is -2.31. The normalized spacial score (nSPS) is 16.1. The third-order valence-corrected chi connectivity index (χ3v) is 6.74. The van der Waals surface area contributed by atoms with Gasteiger partial charge in [0.15, 0.2) is 5.88 Å². The van der Waals surface area contributed by atoms with Gasteiger partial charge in [-0.2, -0.15) is 5.26 Å². The molecule has 4 rings (SSSR count). The van der Waals surface area contributed by atoms with Crippen LogP contribution < -0.4 is 5.32 Å². The minimum atomic E-state index is -1.29. The Morgan fingerprint density at radius 2 is 2.06 bits per heavy atom. The van der Waals surface area contributed by atoms with Gasteiger partial charge < -0.3 is 20.3 Å². The number of fused-ring (bicyclic) bond motifs is 1. The van der Waals surface area contributed by atoms with E-state index >= 15 is 0 Å². The van der Waals surface area contributed by atoms with Crippen molar-refractivity contribution < 1.29 is 14.1 Å². The lowest BCUT2D eigenvalue weighted by molar-refractivity contribution is 0.0958. The third kappa shape index (κ3) is 4.29. The van der Waals surface area contributed by atoms with Crippen LogP contribution in [0.1, 0.15) is 10.4 Å². The molecule has 1 aliphatic rings. The molecule has 160 valence electrons. The molecular formula is C21H22N6O3S. The van der Waals surface area contributed by atoms with E-state index in [0.29, 0.717) is 32.6 Å². The zero-order valence-corrected chi connectivity index (χ0v) is 17.8. The Morgan fingerprint density at radius 3 is 2.74 bits per heavy atom. The molecule has 0 aliphatic carbocycles. The van der Waals surface area contributed by atoms with Gasteiger partial charge in [-0.25, -0.2) is 8.51 Å². The van der Waals surface area contributed by atoms with Crippen molar-refractivity contribution in [3.05, 3.63) is 42.1 Å². The molecule has 0 radical (unpaired) electrons. The molecular weight excluding hydrogens is 416 g/mol. The first kappa shape index (κ1) is 21.0. The predicted molar refractivity (Wildman–Crippen MR) is 117 cm³/mol. The summed E-state index contributed by atoms with van der Waals surface area (Å²) in [7, 11) is 0.754. The number of likely N-dealkylation sites (N-methyl/N-ethyl adjacent to an activating group) is 1. The summed E-state index contributed by atoms with van der Waals surface area (Å²) in [5.74, 6) is -0.439. The van der Waals surface area contributed by atoms with Crippen LogP contribution in [0, 0.1) is 11.3 Å². The number of rotatable bonds is 5. The molecule has 1 aliphatic heterocycles. The molecule has 31 heavy (non-hydrogen) atoms. The number of amides is 1. The van der Waals surface area contributed by atoms with Crippen LogP contribution in [-0.4, -0.2) is 74.2 Å². The standard InChI is InChI=1S/C21H22N6O3S/c1-26-8-10-27(11-9-26)31(30)15-3-5-18(24-13-15)19-16-12-14(20(28)23-7-6-22)2-4-17(16)25-21(19)29/h2-5,12-13,25,29H,7-11H2,1H3,(H,23,28). The third-order valence-electron chi connectivity index (χ3n) is 5.26. The number of carbonyl (C=O) groups is 1. The summed E-state index contributed by atoms with van der Waals surface area (Å²) in [5, 5.41) is 22.2. The molecule has 3 heterocycles. The van der Waals surface area contributed by atoms with Crippen LogP contribution in [0.3, 0.4) is 0 Å². The summed E-state index contributed by atoms with van der Waals surface area (Å²) >= 11 is 0. The number of hydrogen-bond donors (Lipinski definition) is 3. The SMILES string of the molecule is CN1CCN(S(=O)c2ccc(-c3c(O)[nH]c4ccc(C(=O)NCC#N)cc34)nc2)CC1. The van der Waals surface area contributed by atoms with Gasteiger partial charge in [-0.1, -0.05) is 0 Å². The fourth-order valence-corrected chi connectivity index (χ4v) is 4.65. The number of piperazine rings is 1. The van der Waals surface area contributed by atoms with E-state index in [9.17, 15) is 14.1 Å².